The molecule has 0 radical (unpaired) electrons. The summed E-state index contributed by atoms with van der Waals surface area (Å²) in [7, 11) is 0. The van der Waals surface area contributed by atoms with E-state index in [0.717, 1.165) is 17.5 Å². The van der Waals surface area contributed by atoms with Crippen LogP contribution in [0.2, 0.25) is 5.02 Å². The van der Waals surface area contributed by atoms with Crippen molar-refractivity contribution in [2.45, 2.75) is 19.9 Å². The molecule has 0 aliphatic heterocycles. The Morgan fingerprint density at radius 2 is 2.29 bits per heavy atom. The molecule has 1 unspecified atom stereocenters. The Hall–Kier alpha value is -1.48. The molecular formula is C13H16ClN3. The van der Waals surface area contributed by atoms with Gasteiger partial charge in [0.25, 0.3) is 0 Å². The van der Waals surface area contributed by atoms with Crippen molar-refractivity contribution in [3.8, 4) is 0 Å². The lowest BCUT2D eigenvalue weighted by Gasteiger charge is -2.17. The second kappa shape index (κ2) is 5.23. The van der Waals surface area contributed by atoms with Gasteiger partial charge in [0.15, 0.2) is 0 Å². The summed E-state index contributed by atoms with van der Waals surface area (Å²) in [6, 6.07) is 8.13. The van der Waals surface area contributed by atoms with Gasteiger partial charge in [0.2, 0.25) is 5.95 Å². The number of anilines is 1. The summed E-state index contributed by atoms with van der Waals surface area (Å²) in [6.07, 6.45) is 3.78. The minimum absolute atomic E-state index is 0.213. The van der Waals surface area contributed by atoms with Gasteiger partial charge < -0.3 is 9.88 Å². The van der Waals surface area contributed by atoms with E-state index in [1.54, 1.807) is 6.20 Å². The third-order valence-corrected chi connectivity index (χ3v) is 2.99. The zero-order valence-electron chi connectivity index (χ0n) is 10.0. The van der Waals surface area contributed by atoms with Gasteiger partial charge in [0.05, 0.1) is 6.04 Å². The molecule has 0 saturated heterocycles. The van der Waals surface area contributed by atoms with Crippen LogP contribution in [0.1, 0.15) is 25.5 Å². The summed E-state index contributed by atoms with van der Waals surface area (Å²) in [4.78, 5) is 4.29. The predicted molar refractivity (Wildman–Crippen MR) is 71.7 cm³/mol. The topological polar surface area (TPSA) is 29.9 Å². The Bertz CT molecular complexity index is 493. The van der Waals surface area contributed by atoms with Gasteiger partial charge in [-0.15, -0.1) is 0 Å². The van der Waals surface area contributed by atoms with Gasteiger partial charge in [0, 0.05) is 24.0 Å². The van der Waals surface area contributed by atoms with E-state index < -0.39 is 0 Å². The van der Waals surface area contributed by atoms with E-state index in [9.17, 15) is 0 Å². The van der Waals surface area contributed by atoms with Crippen LogP contribution < -0.4 is 5.32 Å². The SMILES string of the molecule is CCNc1nccn1C(C)c1cccc(Cl)c1. The Labute approximate surface area is 106 Å². The van der Waals surface area contributed by atoms with Crippen molar-refractivity contribution in [3.63, 3.8) is 0 Å². The Morgan fingerprint density at radius 1 is 1.47 bits per heavy atom. The van der Waals surface area contributed by atoms with Crippen molar-refractivity contribution in [2.24, 2.45) is 0 Å². The number of nitrogens with one attached hydrogen (secondary N) is 1. The van der Waals surface area contributed by atoms with Gasteiger partial charge in [-0.2, -0.15) is 0 Å². The summed E-state index contributed by atoms with van der Waals surface area (Å²) < 4.78 is 2.11. The highest BCUT2D eigenvalue weighted by molar-refractivity contribution is 6.30. The number of benzene rings is 1. The van der Waals surface area contributed by atoms with Gasteiger partial charge in [0.1, 0.15) is 0 Å². The fourth-order valence-corrected chi connectivity index (χ4v) is 2.05. The minimum Gasteiger partial charge on any atom is -0.356 e. The lowest BCUT2D eigenvalue weighted by molar-refractivity contribution is 0.644. The molecule has 2 rings (SSSR count). The molecule has 0 spiro atoms. The smallest absolute Gasteiger partial charge is 0.203 e. The first-order valence-electron chi connectivity index (χ1n) is 5.74. The van der Waals surface area contributed by atoms with Crippen molar-refractivity contribution in [1.29, 1.82) is 0 Å². The average molecular weight is 250 g/mol. The van der Waals surface area contributed by atoms with Gasteiger partial charge in [-0.05, 0) is 31.5 Å². The molecule has 1 aromatic heterocycles. The van der Waals surface area contributed by atoms with Crippen molar-refractivity contribution < 1.29 is 0 Å². The first-order chi connectivity index (χ1) is 8.22. The van der Waals surface area contributed by atoms with Crippen LogP contribution in [-0.2, 0) is 0 Å². The van der Waals surface area contributed by atoms with Crippen LogP contribution in [0.5, 0.6) is 0 Å². The number of halogens is 1. The maximum Gasteiger partial charge on any atom is 0.203 e. The monoisotopic (exact) mass is 249 g/mol. The van der Waals surface area contributed by atoms with Crippen LogP contribution in [0.4, 0.5) is 5.95 Å². The highest BCUT2D eigenvalue weighted by Gasteiger charge is 2.11. The fraction of sp³-hybridized carbons (Fsp3) is 0.308. The van der Waals surface area contributed by atoms with E-state index in [2.05, 4.69) is 34.8 Å². The Balaban J connectivity index is 2.30. The van der Waals surface area contributed by atoms with Crippen LogP contribution in [0, 0.1) is 0 Å². The van der Waals surface area contributed by atoms with Crippen molar-refractivity contribution in [1.82, 2.24) is 9.55 Å². The second-order valence-corrected chi connectivity index (χ2v) is 4.36. The molecule has 0 aliphatic carbocycles. The summed E-state index contributed by atoms with van der Waals surface area (Å²) in [5, 5.41) is 4.00. The molecule has 0 saturated carbocycles. The molecule has 4 heteroatoms. The molecule has 2 aromatic rings. The zero-order valence-corrected chi connectivity index (χ0v) is 10.8. The normalized spacial score (nSPS) is 12.4. The molecule has 0 amide bonds. The fourth-order valence-electron chi connectivity index (χ4n) is 1.85. The maximum atomic E-state index is 6.01. The lowest BCUT2D eigenvalue weighted by atomic mass is 10.1. The molecule has 1 aromatic carbocycles. The molecule has 0 bridgehead atoms. The standard InChI is InChI=1S/C13H16ClN3/c1-3-15-13-16-7-8-17(13)10(2)11-5-4-6-12(14)9-11/h4-10H,3H2,1-2H3,(H,15,16). The number of rotatable bonds is 4. The summed E-state index contributed by atoms with van der Waals surface area (Å²) in [5.74, 6) is 0.889. The van der Waals surface area contributed by atoms with Crippen LogP contribution in [-0.4, -0.2) is 16.1 Å². The van der Waals surface area contributed by atoms with Gasteiger partial charge in [-0.3, -0.25) is 0 Å². The molecule has 90 valence electrons. The van der Waals surface area contributed by atoms with E-state index >= 15 is 0 Å². The van der Waals surface area contributed by atoms with Gasteiger partial charge in [-0.25, -0.2) is 4.98 Å². The Kier molecular flexibility index (Phi) is 3.69. The second-order valence-electron chi connectivity index (χ2n) is 3.92. The third kappa shape index (κ3) is 2.61. The van der Waals surface area contributed by atoms with Gasteiger partial charge in [-0.1, -0.05) is 23.7 Å². The number of hydrogen-bond donors (Lipinski definition) is 1. The van der Waals surface area contributed by atoms with Crippen LogP contribution in [0.15, 0.2) is 36.7 Å². The third-order valence-electron chi connectivity index (χ3n) is 2.75. The van der Waals surface area contributed by atoms with Crippen LogP contribution in [0.3, 0.4) is 0 Å². The average Bonchev–Trinajstić information content (AvgIpc) is 2.77. The molecule has 1 heterocycles. The molecule has 3 nitrogen and oxygen atoms in total. The number of nitrogens with zero attached hydrogens (tertiary/aromatic N) is 2. The first-order valence-corrected chi connectivity index (χ1v) is 6.12. The summed E-state index contributed by atoms with van der Waals surface area (Å²) in [5.41, 5.74) is 1.18. The minimum atomic E-state index is 0.213. The first kappa shape index (κ1) is 12.0. The summed E-state index contributed by atoms with van der Waals surface area (Å²) in [6.45, 7) is 5.05. The largest absolute Gasteiger partial charge is 0.356 e. The number of aromatic nitrogens is 2. The van der Waals surface area contributed by atoms with Crippen molar-refractivity contribution >= 4 is 17.5 Å². The van der Waals surface area contributed by atoms with Crippen LogP contribution >= 0.6 is 11.6 Å². The highest BCUT2D eigenvalue weighted by atomic mass is 35.5. The summed E-state index contributed by atoms with van der Waals surface area (Å²) >= 11 is 6.01. The van der Waals surface area contributed by atoms with E-state index in [-0.39, 0.29) is 6.04 Å². The van der Waals surface area contributed by atoms with E-state index in [1.165, 1.54) is 5.56 Å². The van der Waals surface area contributed by atoms with Crippen LogP contribution in [0.25, 0.3) is 0 Å². The molecule has 0 fully saturated rings. The molecular weight excluding hydrogens is 234 g/mol. The highest BCUT2D eigenvalue weighted by Crippen LogP contribution is 2.23. The molecule has 17 heavy (non-hydrogen) atoms. The Morgan fingerprint density at radius 3 is 3.00 bits per heavy atom. The van der Waals surface area contributed by atoms with E-state index in [1.807, 2.05) is 24.4 Å². The van der Waals surface area contributed by atoms with E-state index in [0.29, 0.717) is 0 Å². The van der Waals surface area contributed by atoms with E-state index in [4.69, 9.17) is 11.6 Å². The lowest BCUT2D eigenvalue weighted by Crippen LogP contribution is -2.11. The molecule has 1 N–H and O–H groups in total. The van der Waals surface area contributed by atoms with Crippen molar-refractivity contribution in [2.75, 3.05) is 11.9 Å². The number of imidazole rings is 1. The molecule has 0 aliphatic rings. The predicted octanol–water partition coefficient (Wildman–Crippen LogP) is 3.58. The number of hydrogen-bond acceptors (Lipinski definition) is 2. The van der Waals surface area contributed by atoms with Crippen molar-refractivity contribution in [3.05, 3.63) is 47.2 Å². The maximum absolute atomic E-state index is 6.01. The zero-order chi connectivity index (χ0) is 12.3. The molecule has 1 atom stereocenters. The van der Waals surface area contributed by atoms with Gasteiger partial charge >= 0.3 is 0 Å². The quantitative estimate of drug-likeness (QED) is 0.898.